The summed E-state index contributed by atoms with van der Waals surface area (Å²) >= 11 is 0. The predicted molar refractivity (Wildman–Crippen MR) is 132 cm³/mol. The van der Waals surface area contributed by atoms with E-state index in [2.05, 4.69) is 17.5 Å². The van der Waals surface area contributed by atoms with Crippen molar-refractivity contribution in [1.29, 1.82) is 0 Å². The highest BCUT2D eigenvalue weighted by atomic mass is 16.5. The number of carbonyl (C=O) groups excluding carboxylic acids is 1. The van der Waals surface area contributed by atoms with Crippen LogP contribution in [0.2, 0.25) is 0 Å². The summed E-state index contributed by atoms with van der Waals surface area (Å²) in [7, 11) is 1.58. The van der Waals surface area contributed by atoms with Gasteiger partial charge in [0.05, 0.1) is 19.9 Å². The van der Waals surface area contributed by atoms with Crippen LogP contribution in [0.15, 0.2) is 77.9 Å². The van der Waals surface area contributed by atoms with Crippen molar-refractivity contribution in [3.05, 3.63) is 83.9 Å². The minimum Gasteiger partial charge on any atom is -0.494 e. The number of methoxy groups -OCH3 is 1. The lowest BCUT2D eigenvalue weighted by molar-refractivity contribution is -0.123. The molecular formula is C27H30N2O5. The molecule has 0 spiro atoms. The molecule has 0 aliphatic rings. The fourth-order valence-electron chi connectivity index (χ4n) is 2.95. The third-order valence-corrected chi connectivity index (χ3v) is 4.79. The predicted octanol–water partition coefficient (Wildman–Crippen LogP) is 4.98. The lowest BCUT2D eigenvalue weighted by Gasteiger charge is -2.11. The van der Waals surface area contributed by atoms with Crippen molar-refractivity contribution >= 4 is 12.1 Å². The molecule has 3 rings (SSSR count). The fraction of sp³-hybridized carbons (Fsp3) is 0.259. The third kappa shape index (κ3) is 8.16. The maximum atomic E-state index is 12.0. The molecule has 34 heavy (non-hydrogen) atoms. The van der Waals surface area contributed by atoms with Gasteiger partial charge in [-0.25, -0.2) is 5.43 Å². The summed E-state index contributed by atoms with van der Waals surface area (Å²) in [6.45, 7) is 3.09. The molecule has 178 valence electrons. The van der Waals surface area contributed by atoms with Crippen LogP contribution in [-0.4, -0.2) is 32.4 Å². The van der Waals surface area contributed by atoms with Gasteiger partial charge in [-0.1, -0.05) is 43.7 Å². The topological polar surface area (TPSA) is 78.4 Å². The van der Waals surface area contributed by atoms with E-state index < -0.39 is 0 Å². The molecule has 3 aromatic rings. The molecule has 3 aromatic carbocycles. The second-order valence-electron chi connectivity index (χ2n) is 7.44. The zero-order valence-electron chi connectivity index (χ0n) is 19.5. The molecule has 0 saturated heterocycles. The van der Waals surface area contributed by atoms with E-state index in [0.717, 1.165) is 29.7 Å². The Morgan fingerprint density at radius 2 is 1.65 bits per heavy atom. The molecule has 7 nitrogen and oxygen atoms in total. The Kier molecular flexibility index (Phi) is 9.80. The number of amides is 1. The van der Waals surface area contributed by atoms with E-state index in [-0.39, 0.29) is 12.5 Å². The number of ether oxygens (including phenoxy) is 4. The highest BCUT2D eigenvalue weighted by Crippen LogP contribution is 2.28. The number of carbonyl (C=O) groups is 1. The second-order valence-corrected chi connectivity index (χ2v) is 7.44. The average molecular weight is 463 g/mol. The Hall–Kier alpha value is -4.00. The highest BCUT2D eigenvalue weighted by molar-refractivity contribution is 5.83. The fourth-order valence-corrected chi connectivity index (χ4v) is 2.95. The SMILES string of the molecule is CCCCOc1ccc(OCC(=O)N/N=C\c2ccc(OCc3ccccc3)c(OC)c2)cc1. The van der Waals surface area contributed by atoms with Crippen LogP contribution < -0.4 is 24.4 Å². The zero-order valence-corrected chi connectivity index (χ0v) is 19.5. The van der Waals surface area contributed by atoms with E-state index in [1.165, 1.54) is 6.21 Å². The first-order valence-corrected chi connectivity index (χ1v) is 11.2. The molecule has 0 aliphatic heterocycles. The number of hydrogen-bond donors (Lipinski definition) is 1. The molecule has 0 bridgehead atoms. The Morgan fingerprint density at radius 1 is 0.912 bits per heavy atom. The van der Waals surface area contributed by atoms with Gasteiger partial charge in [0.15, 0.2) is 18.1 Å². The van der Waals surface area contributed by atoms with Crippen molar-refractivity contribution < 1.29 is 23.7 Å². The summed E-state index contributed by atoms with van der Waals surface area (Å²) in [5.74, 6) is 2.20. The van der Waals surface area contributed by atoms with E-state index in [0.29, 0.717) is 30.5 Å². The van der Waals surface area contributed by atoms with Crippen molar-refractivity contribution in [1.82, 2.24) is 5.43 Å². The number of hydrazone groups is 1. The molecule has 0 atom stereocenters. The highest BCUT2D eigenvalue weighted by Gasteiger charge is 2.06. The van der Waals surface area contributed by atoms with Gasteiger partial charge in [0.2, 0.25) is 0 Å². The third-order valence-electron chi connectivity index (χ3n) is 4.79. The van der Waals surface area contributed by atoms with Crippen LogP contribution in [0.5, 0.6) is 23.0 Å². The second kappa shape index (κ2) is 13.5. The van der Waals surface area contributed by atoms with Crippen LogP contribution in [0.3, 0.4) is 0 Å². The van der Waals surface area contributed by atoms with Crippen LogP contribution >= 0.6 is 0 Å². The van der Waals surface area contributed by atoms with E-state index >= 15 is 0 Å². The molecular weight excluding hydrogens is 432 g/mol. The van der Waals surface area contributed by atoms with Gasteiger partial charge in [-0.3, -0.25) is 4.79 Å². The maximum absolute atomic E-state index is 12.0. The Balaban J connectivity index is 1.44. The number of hydrogen-bond acceptors (Lipinski definition) is 6. The molecule has 1 N–H and O–H groups in total. The smallest absolute Gasteiger partial charge is 0.277 e. The average Bonchev–Trinajstić information content (AvgIpc) is 2.88. The summed E-state index contributed by atoms with van der Waals surface area (Å²) in [4.78, 5) is 12.0. The number of nitrogens with zero attached hydrogens (tertiary/aromatic N) is 1. The summed E-state index contributed by atoms with van der Waals surface area (Å²) in [6.07, 6.45) is 3.63. The van der Waals surface area contributed by atoms with Crippen LogP contribution in [-0.2, 0) is 11.4 Å². The first-order valence-electron chi connectivity index (χ1n) is 11.2. The minimum absolute atomic E-state index is 0.150. The number of benzene rings is 3. The molecule has 0 aromatic heterocycles. The molecule has 0 radical (unpaired) electrons. The van der Waals surface area contributed by atoms with Crippen molar-refractivity contribution in [2.75, 3.05) is 20.3 Å². The van der Waals surface area contributed by atoms with E-state index in [1.807, 2.05) is 54.6 Å². The van der Waals surface area contributed by atoms with Crippen molar-refractivity contribution in [2.45, 2.75) is 26.4 Å². The van der Waals surface area contributed by atoms with Crippen molar-refractivity contribution in [3.8, 4) is 23.0 Å². The zero-order chi connectivity index (χ0) is 24.0. The van der Waals surface area contributed by atoms with Crippen molar-refractivity contribution in [2.24, 2.45) is 5.10 Å². The Bertz CT molecular complexity index is 1050. The van der Waals surface area contributed by atoms with Gasteiger partial charge in [0.25, 0.3) is 5.91 Å². The lowest BCUT2D eigenvalue weighted by atomic mass is 10.2. The molecule has 0 unspecified atom stereocenters. The summed E-state index contributed by atoms with van der Waals surface area (Å²) in [5, 5.41) is 3.99. The van der Waals surface area contributed by atoms with E-state index in [1.54, 1.807) is 25.3 Å². The summed E-state index contributed by atoms with van der Waals surface area (Å²) in [6, 6.07) is 22.5. The number of unbranched alkanes of at least 4 members (excludes halogenated alkanes) is 1. The summed E-state index contributed by atoms with van der Waals surface area (Å²) in [5.41, 5.74) is 4.27. The van der Waals surface area contributed by atoms with Gasteiger partial charge in [-0.05, 0) is 60.0 Å². The molecule has 0 saturated carbocycles. The van der Waals surface area contributed by atoms with Crippen LogP contribution in [0.25, 0.3) is 0 Å². The van der Waals surface area contributed by atoms with Crippen LogP contribution in [0.1, 0.15) is 30.9 Å². The Labute approximate surface area is 200 Å². The van der Waals surface area contributed by atoms with E-state index in [9.17, 15) is 4.79 Å². The number of nitrogens with one attached hydrogen (secondary N) is 1. The standard InChI is InChI=1S/C27H30N2O5/c1-3-4-16-32-23-11-13-24(14-12-23)33-20-27(30)29-28-18-22-10-15-25(26(17-22)31-2)34-19-21-8-6-5-7-9-21/h5-15,17-18H,3-4,16,19-20H2,1-2H3,(H,29,30)/b28-18-. The first kappa shape index (κ1) is 24.6. The van der Waals surface area contributed by atoms with Gasteiger partial charge in [0, 0.05) is 0 Å². The quantitative estimate of drug-likeness (QED) is 0.220. The summed E-state index contributed by atoms with van der Waals surface area (Å²) < 4.78 is 22.4. The van der Waals surface area contributed by atoms with Crippen molar-refractivity contribution in [3.63, 3.8) is 0 Å². The molecule has 0 fully saturated rings. The van der Waals surface area contributed by atoms with E-state index in [4.69, 9.17) is 18.9 Å². The van der Waals surface area contributed by atoms with Gasteiger partial charge >= 0.3 is 0 Å². The normalized spacial score (nSPS) is 10.6. The number of rotatable bonds is 13. The van der Waals surface area contributed by atoms with Crippen LogP contribution in [0, 0.1) is 0 Å². The Morgan fingerprint density at radius 3 is 2.35 bits per heavy atom. The largest absolute Gasteiger partial charge is 0.494 e. The van der Waals surface area contributed by atoms with Gasteiger partial charge in [0.1, 0.15) is 18.1 Å². The lowest BCUT2D eigenvalue weighted by Crippen LogP contribution is -2.24. The monoisotopic (exact) mass is 462 g/mol. The minimum atomic E-state index is -0.366. The molecule has 0 aliphatic carbocycles. The molecule has 1 amide bonds. The maximum Gasteiger partial charge on any atom is 0.277 e. The van der Waals surface area contributed by atoms with Gasteiger partial charge in [-0.2, -0.15) is 5.10 Å². The van der Waals surface area contributed by atoms with Gasteiger partial charge < -0.3 is 18.9 Å². The van der Waals surface area contributed by atoms with Crippen LogP contribution in [0.4, 0.5) is 0 Å². The molecule has 7 heteroatoms. The first-order chi connectivity index (χ1) is 16.7. The molecule has 0 heterocycles. The van der Waals surface area contributed by atoms with Gasteiger partial charge in [-0.15, -0.1) is 0 Å².